The van der Waals surface area contributed by atoms with Gasteiger partial charge in [0.05, 0.1) is 15.3 Å². The molecule has 2 amide bonds. The average molecular weight is 418 g/mol. The van der Waals surface area contributed by atoms with E-state index in [1.165, 1.54) is 4.90 Å². The number of hydrogen-bond acceptors (Lipinski definition) is 4. The molecule has 8 heteroatoms. The highest BCUT2D eigenvalue weighted by Crippen LogP contribution is 2.42. The van der Waals surface area contributed by atoms with Crippen LogP contribution in [-0.4, -0.2) is 17.1 Å². The van der Waals surface area contributed by atoms with Crippen LogP contribution in [0.2, 0.25) is 10.0 Å². The zero-order valence-electron chi connectivity index (χ0n) is 13.9. The molecule has 1 fully saturated rings. The van der Waals surface area contributed by atoms with Gasteiger partial charge in [-0.3, -0.25) is 14.5 Å². The van der Waals surface area contributed by atoms with Crippen molar-refractivity contribution in [3.63, 3.8) is 0 Å². The Balaban J connectivity index is 2.04. The fourth-order valence-corrected chi connectivity index (χ4v) is 4.42. The second-order valence-electron chi connectivity index (χ2n) is 5.69. The van der Waals surface area contributed by atoms with Crippen LogP contribution in [0.3, 0.4) is 0 Å². The minimum absolute atomic E-state index is 0.226. The van der Waals surface area contributed by atoms with Crippen molar-refractivity contribution in [1.82, 2.24) is 0 Å². The molecule has 1 heterocycles. The Morgan fingerprint density at radius 1 is 1.19 bits per heavy atom. The smallest absolute Gasteiger partial charge is 0.262 e. The molecule has 1 aliphatic rings. The number of primary amides is 1. The van der Waals surface area contributed by atoms with Crippen LogP contribution in [0.15, 0.2) is 59.1 Å². The lowest BCUT2D eigenvalue weighted by Gasteiger charge is -2.18. The van der Waals surface area contributed by atoms with Gasteiger partial charge in [-0.2, -0.15) is 5.26 Å². The lowest BCUT2D eigenvalue weighted by Crippen LogP contribution is -2.31. The summed E-state index contributed by atoms with van der Waals surface area (Å²) in [6.45, 7) is 0. The van der Waals surface area contributed by atoms with Gasteiger partial charge >= 0.3 is 0 Å². The van der Waals surface area contributed by atoms with Gasteiger partial charge in [-0.05, 0) is 30.2 Å². The molecule has 0 saturated carbocycles. The molecule has 2 aromatic rings. The lowest BCUT2D eigenvalue weighted by molar-refractivity contribution is -0.117. The molecule has 0 radical (unpaired) electrons. The second kappa shape index (κ2) is 8.05. The predicted octanol–water partition coefficient (Wildman–Crippen LogP) is 3.90. The molecule has 136 valence electrons. The fraction of sp³-hybridized carbons (Fsp3) is 0.105. The van der Waals surface area contributed by atoms with Crippen LogP contribution in [0.1, 0.15) is 5.56 Å². The Morgan fingerprint density at radius 2 is 1.89 bits per heavy atom. The molecule has 0 aromatic heterocycles. The molecule has 27 heavy (non-hydrogen) atoms. The van der Waals surface area contributed by atoms with Crippen LogP contribution in [0.5, 0.6) is 0 Å². The number of carbonyl (C=O) groups is 2. The lowest BCUT2D eigenvalue weighted by atomic mass is 10.1. The molecular weight excluding hydrogens is 405 g/mol. The van der Waals surface area contributed by atoms with E-state index in [0.717, 1.165) is 11.8 Å². The predicted molar refractivity (Wildman–Crippen MR) is 107 cm³/mol. The molecule has 2 aromatic carbocycles. The third kappa shape index (κ3) is 3.81. The van der Waals surface area contributed by atoms with Gasteiger partial charge in [0.25, 0.3) is 5.91 Å². The molecular formula is C19H13Cl2N3O2S. The average Bonchev–Trinajstić information content (AvgIpc) is 2.96. The van der Waals surface area contributed by atoms with Gasteiger partial charge in [0.1, 0.15) is 16.7 Å². The number of rotatable bonds is 4. The Kier molecular flexibility index (Phi) is 5.76. The van der Waals surface area contributed by atoms with Crippen molar-refractivity contribution in [2.24, 2.45) is 5.73 Å². The van der Waals surface area contributed by atoms with E-state index in [-0.39, 0.29) is 16.5 Å². The van der Waals surface area contributed by atoms with Crippen LogP contribution >= 0.6 is 35.0 Å². The molecule has 0 spiro atoms. The van der Waals surface area contributed by atoms with Crippen LogP contribution < -0.4 is 10.6 Å². The normalized spacial score (nSPS) is 18.3. The number of anilines is 1. The molecule has 3 rings (SSSR count). The molecule has 1 aliphatic heterocycles. The molecule has 5 nitrogen and oxygen atoms in total. The van der Waals surface area contributed by atoms with Crippen LogP contribution in [0, 0.1) is 11.3 Å². The van der Waals surface area contributed by atoms with Crippen molar-refractivity contribution < 1.29 is 9.59 Å². The Morgan fingerprint density at radius 3 is 2.52 bits per heavy atom. The minimum atomic E-state index is -0.879. The van der Waals surface area contributed by atoms with Crippen molar-refractivity contribution in [3.8, 4) is 6.07 Å². The van der Waals surface area contributed by atoms with E-state index in [2.05, 4.69) is 0 Å². The van der Waals surface area contributed by atoms with Gasteiger partial charge in [-0.25, -0.2) is 0 Å². The Bertz CT molecular complexity index is 986. The number of thioether (sulfide) groups is 1. The first-order valence-electron chi connectivity index (χ1n) is 7.86. The van der Waals surface area contributed by atoms with Gasteiger partial charge < -0.3 is 5.73 Å². The minimum Gasteiger partial charge on any atom is -0.365 e. The number of benzene rings is 2. The summed E-state index contributed by atoms with van der Waals surface area (Å²) < 4.78 is 0. The second-order valence-corrected chi connectivity index (χ2v) is 7.67. The summed E-state index contributed by atoms with van der Waals surface area (Å²) in [5, 5.41) is 9.80. The summed E-state index contributed by atoms with van der Waals surface area (Å²) in [6.07, 6.45) is 0.299. The fourth-order valence-electron chi connectivity index (χ4n) is 2.72. The number of hydrogen-bond donors (Lipinski definition) is 1. The van der Waals surface area contributed by atoms with Gasteiger partial charge in [0, 0.05) is 5.69 Å². The summed E-state index contributed by atoms with van der Waals surface area (Å²) in [7, 11) is 0. The summed E-state index contributed by atoms with van der Waals surface area (Å²) >= 11 is 13.4. The summed E-state index contributed by atoms with van der Waals surface area (Å²) in [5.41, 5.74) is 6.36. The summed E-state index contributed by atoms with van der Waals surface area (Å²) in [6, 6.07) is 15.8. The van der Waals surface area contributed by atoms with E-state index in [0.29, 0.717) is 27.7 Å². The molecule has 2 N–H and O–H groups in total. The first-order chi connectivity index (χ1) is 12.9. The topological polar surface area (TPSA) is 87.2 Å². The molecule has 0 bridgehead atoms. The largest absolute Gasteiger partial charge is 0.365 e. The van der Waals surface area contributed by atoms with E-state index >= 15 is 0 Å². The zero-order chi connectivity index (χ0) is 19.6. The van der Waals surface area contributed by atoms with Crippen molar-refractivity contribution in [1.29, 1.82) is 5.26 Å². The summed E-state index contributed by atoms with van der Waals surface area (Å²) in [4.78, 5) is 26.2. The third-order valence-electron chi connectivity index (χ3n) is 3.98. The number of amides is 2. The standard InChI is InChI=1S/C19H13Cl2N3O2S/c20-14-8-4-5-11(16(14)21)9-15-18(26)24(12-6-2-1-3-7-12)19(27-15)13(10-22)17(23)25/h1-8,15H,9H2,(H2,23,25)/b19-13+/t15-/m0/s1. The third-order valence-corrected chi connectivity index (χ3v) is 6.10. The van der Waals surface area contributed by atoms with Crippen molar-refractivity contribution in [2.75, 3.05) is 4.90 Å². The highest BCUT2D eigenvalue weighted by molar-refractivity contribution is 8.05. The van der Waals surface area contributed by atoms with Crippen molar-refractivity contribution in [3.05, 3.63) is 74.7 Å². The number of nitriles is 1. The van der Waals surface area contributed by atoms with E-state index in [1.807, 2.05) is 12.1 Å². The summed E-state index contributed by atoms with van der Waals surface area (Å²) in [5.74, 6) is -1.14. The van der Waals surface area contributed by atoms with E-state index < -0.39 is 11.2 Å². The van der Waals surface area contributed by atoms with E-state index in [4.69, 9.17) is 28.9 Å². The van der Waals surface area contributed by atoms with Gasteiger partial charge in [0.2, 0.25) is 5.91 Å². The first-order valence-corrected chi connectivity index (χ1v) is 9.50. The van der Waals surface area contributed by atoms with Gasteiger partial charge in [-0.15, -0.1) is 0 Å². The maximum atomic E-state index is 13.1. The number of halogens is 2. The van der Waals surface area contributed by atoms with E-state index in [1.54, 1.807) is 42.5 Å². The monoisotopic (exact) mass is 417 g/mol. The number of nitrogens with zero attached hydrogens (tertiary/aromatic N) is 2. The number of carbonyl (C=O) groups excluding carboxylic acids is 2. The number of nitrogens with two attached hydrogens (primary N) is 1. The highest BCUT2D eigenvalue weighted by atomic mass is 35.5. The number of para-hydroxylation sites is 1. The molecule has 1 atom stereocenters. The SMILES string of the molecule is N#C/C(C(N)=O)=C1\S[C@@H](Cc2cccc(Cl)c2Cl)C(=O)N1c1ccccc1. The molecule has 0 aliphatic carbocycles. The van der Waals surface area contributed by atoms with Gasteiger partial charge in [-0.1, -0.05) is 65.3 Å². The van der Waals surface area contributed by atoms with Crippen LogP contribution in [0.25, 0.3) is 0 Å². The quantitative estimate of drug-likeness (QED) is 0.603. The molecule has 1 saturated heterocycles. The Hall–Kier alpha value is -2.46. The van der Waals surface area contributed by atoms with Crippen molar-refractivity contribution >= 4 is 52.5 Å². The van der Waals surface area contributed by atoms with Gasteiger partial charge in [0.15, 0.2) is 0 Å². The van der Waals surface area contributed by atoms with Crippen molar-refractivity contribution in [2.45, 2.75) is 11.7 Å². The zero-order valence-corrected chi connectivity index (χ0v) is 16.2. The molecule has 0 unspecified atom stereocenters. The maximum Gasteiger partial charge on any atom is 0.262 e. The first kappa shape index (κ1) is 19.3. The highest BCUT2D eigenvalue weighted by Gasteiger charge is 2.40. The Labute approximate surface area is 170 Å². The van der Waals surface area contributed by atoms with Crippen LogP contribution in [-0.2, 0) is 16.0 Å². The van der Waals surface area contributed by atoms with E-state index in [9.17, 15) is 14.9 Å². The van der Waals surface area contributed by atoms with Crippen LogP contribution in [0.4, 0.5) is 5.69 Å². The maximum absolute atomic E-state index is 13.1.